The Morgan fingerprint density at radius 3 is 2.80 bits per heavy atom. The number of hydrogen-bond acceptors (Lipinski definition) is 4. The van der Waals surface area contributed by atoms with Crippen molar-refractivity contribution in [3.05, 3.63) is 47.3 Å². The maximum Gasteiger partial charge on any atom is 0.128 e. The number of hydrazine groups is 2. The van der Waals surface area contributed by atoms with Crippen molar-refractivity contribution in [1.29, 1.82) is 0 Å². The lowest BCUT2D eigenvalue weighted by Gasteiger charge is -2.34. The van der Waals surface area contributed by atoms with Crippen molar-refractivity contribution >= 4 is 0 Å². The third-order valence-electron chi connectivity index (χ3n) is 4.04. The third kappa shape index (κ3) is 2.14. The van der Waals surface area contributed by atoms with Crippen molar-refractivity contribution in [2.24, 2.45) is 5.84 Å². The van der Waals surface area contributed by atoms with E-state index >= 15 is 0 Å². The summed E-state index contributed by atoms with van der Waals surface area (Å²) in [5, 5.41) is 3.43. The number of benzene rings is 1. The maximum absolute atomic E-state index is 14.0. The van der Waals surface area contributed by atoms with Gasteiger partial charge in [0.1, 0.15) is 17.5 Å². The van der Waals surface area contributed by atoms with Crippen LogP contribution in [0.4, 0.5) is 8.78 Å². The van der Waals surface area contributed by atoms with Gasteiger partial charge >= 0.3 is 0 Å². The van der Waals surface area contributed by atoms with Gasteiger partial charge in [-0.15, -0.1) is 0 Å². The SMILES string of the molecule is CN1C(N2CCC[C@@H]2c2cc(F)ccc2F)=CCN1N. The number of halogens is 2. The molecule has 6 heteroatoms. The van der Waals surface area contributed by atoms with Crippen LogP contribution in [0.1, 0.15) is 24.4 Å². The Morgan fingerprint density at radius 1 is 1.30 bits per heavy atom. The Morgan fingerprint density at radius 2 is 2.10 bits per heavy atom. The first-order chi connectivity index (χ1) is 9.58. The van der Waals surface area contributed by atoms with Crippen LogP contribution in [-0.4, -0.2) is 35.2 Å². The Balaban J connectivity index is 1.91. The quantitative estimate of drug-likeness (QED) is 0.840. The third-order valence-corrected chi connectivity index (χ3v) is 4.04. The van der Waals surface area contributed by atoms with Gasteiger partial charge in [0.25, 0.3) is 0 Å². The average Bonchev–Trinajstić information content (AvgIpc) is 3.01. The molecule has 4 nitrogen and oxygen atoms in total. The zero-order chi connectivity index (χ0) is 14.3. The van der Waals surface area contributed by atoms with Crippen molar-refractivity contribution in [2.75, 3.05) is 20.1 Å². The second-order valence-corrected chi connectivity index (χ2v) is 5.23. The van der Waals surface area contributed by atoms with Crippen LogP contribution in [0.3, 0.4) is 0 Å². The molecule has 0 aliphatic carbocycles. The van der Waals surface area contributed by atoms with Crippen LogP contribution in [0.25, 0.3) is 0 Å². The monoisotopic (exact) mass is 280 g/mol. The van der Waals surface area contributed by atoms with Crippen LogP contribution >= 0.6 is 0 Å². The second-order valence-electron chi connectivity index (χ2n) is 5.23. The number of rotatable bonds is 2. The molecule has 1 aromatic carbocycles. The highest BCUT2D eigenvalue weighted by atomic mass is 19.1. The van der Waals surface area contributed by atoms with Crippen molar-refractivity contribution in [1.82, 2.24) is 15.0 Å². The van der Waals surface area contributed by atoms with Crippen LogP contribution in [0.5, 0.6) is 0 Å². The minimum absolute atomic E-state index is 0.133. The largest absolute Gasteiger partial charge is 0.350 e. The molecule has 0 amide bonds. The fraction of sp³-hybridized carbons (Fsp3) is 0.429. The highest BCUT2D eigenvalue weighted by molar-refractivity contribution is 5.25. The molecular formula is C14H18F2N4. The first-order valence-electron chi connectivity index (χ1n) is 6.75. The van der Waals surface area contributed by atoms with Gasteiger partial charge in [-0.25, -0.2) is 8.78 Å². The van der Waals surface area contributed by atoms with Gasteiger partial charge in [0.15, 0.2) is 0 Å². The van der Waals surface area contributed by atoms with Gasteiger partial charge in [-0.2, -0.15) is 5.12 Å². The lowest BCUT2D eigenvalue weighted by Crippen LogP contribution is -2.43. The fourth-order valence-electron chi connectivity index (χ4n) is 3.00. The summed E-state index contributed by atoms with van der Waals surface area (Å²) < 4.78 is 27.4. The molecule has 1 fully saturated rings. The second kappa shape index (κ2) is 5.03. The van der Waals surface area contributed by atoms with Crippen molar-refractivity contribution in [3.63, 3.8) is 0 Å². The summed E-state index contributed by atoms with van der Waals surface area (Å²) in [5.41, 5.74) is 0.423. The minimum Gasteiger partial charge on any atom is -0.350 e. The molecule has 1 aromatic rings. The highest BCUT2D eigenvalue weighted by Crippen LogP contribution is 2.37. The van der Waals surface area contributed by atoms with Gasteiger partial charge in [-0.3, -0.25) is 10.9 Å². The summed E-state index contributed by atoms with van der Waals surface area (Å²) in [6.07, 6.45) is 3.78. The van der Waals surface area contributed by atoms with Crippen LogP contribution in [0.2, 0.25) is 0 Å². The molecule has 0 bridgehead atoms. The van der Waals surface area contributed by atoms with Crippen LogP contribution in [0.15, 0.2) is 30.1 Å². The number of likely N-dealkylation sites (tertiary alicyclic amines) is 1. The van der Waals surface area contributed by atoms with Crippen molar-refractivity contribution in [3.8, 4) is 0 Å². The van der Waals surface area contributed by atoms with Gasteiger partial charge < -0.3 is 4.90 Å². The smallest absolute Gasteiger partial charge is 0.128 e. The van der Waals surface area contributed by atoms with Gasteiger partial charge in [-0.1, -0.05) is 0 Å². The van der Waals surface area contributed by atoms with E-state index in [0.717, 1.165) is 31.3 Å². The minimum atomic E-state index is -0.401. The predicted molar refractivity (Wildman–Crippen MR) is 71.8 cm³/mol. The molecule has 1 atom stereocenters. The molecule has 1 saturated heterocycles. The zero-order valence-corrected chi connectivity index (χ0v) is 11.4. The lowest BCUT2D eigenvalue weighted by molar-refractivity contribution is 0.0332. The van der Waals surface area contributed by atoms with E-state index in [1.54, 1.807) is 5.12 Å². The molecule has 0 aromatic heterocycles. The Hall–Kier alpha value is -1.66. The van der Waals surface area contributed by atoms with Crippen molar-refractivity contribution in [2.45, 2.75) is 18.9 Å². The van der Waals surface area contributed by atoms with E-state index in [1.807, 2.05) is 18.1 Å². The first kappa shape index (κ1) is 13.3. The van der Waals surface area contributed by atoms with Crippen LogP contribution in [-0.2, 0) is 0 Å². The Bertz CT molecular complexity index is 546. The predicted octanol–water partition coefficient (Wildman–Crippen LogP) is 1.98. The number of nitrogens with two attached hydrogens (primary N) is 1. The first-order valence-corrected chi connectivity index (χ1v) is 6.75. The normalized spacial score (nSPS) is 23.6. The average molecular weight is 280 g/mol. The van der Waals surface area contributed by atoms with E-state index < -0.39 is 5.82 Å². The fourth-order valence-corrected chi connectivity index (χ4v) is 3.00. The topological polar surface area (TPSA) is 35.7 Å². The molecule has 0 spiro atoms. The summed E-state index contributed by atoms with van der Waals surface area (Å²) >= 11 is 0. The molecule has 2 N–H and O–H groups in total. The van der Waals surface area contributed by atoms with Gasteiger partial charge in [-0.05, 0) is 37.1 Å². The molecular weight excluding hydrogens is 262 g/mol. The standard InChI is InChI=1S/C14H18F2N4/c1-18-14(6-8-20(18)17)19-7-2-3-13(19)11-9-10(15)4-5-12(11)16/h4-6,9,13H,2-3,7-8,17H2,1H3/t13-/m1/s1. The summed E-state index contributed by atoms with van der Waals surface area (Å²) in [7, 11) is 1.87. The summed E-state index contributed by atoms with van der Waals surface area (Å²) in [6, 6.07) is 3.52. The summed E-state index contributed by atoms with van der Waals surface area (Å²) in [6.45, 7) is 1.45. The lowest BCUT2D eigenvalue weighted by atomic mass is 10.0. The van der Waals surface area contributed by atoms with E-state index in [9.17, 15) is 8.78 Å². The van der Waals surface area contributed by atoms with Gasteiger partial charge in [0.2, 0.25) is 0 Å². The summed E-state index contributed by atoms with van der Waals surface area (Å²) in [5.74, 6) is 6.02. The molecule has 0 saturated carbocycles. The molecule has 108 valence electrons. The van der Waals surface area contributed by atoms with Crippen LogP contribution < -0.4 is 5.84 Å². The Kier molecular flexibility index (Phi) is 3.35. The van der Waals surface area contributed by atoms with Crippen molar-refractivity contribution < 1.29 is 8.78 Å². The molecule has 2 heterocycles. The van der Waals surface area contributed by atoms with Crippen LogP contribution in [0, 0.1) is 11.6 Å². The highest BCUT2D eigenvalue weighted by Gasteiger charge is 2.33. The number of nitrogens with zero attached hydrogens (tertiary/aromatic N) is 3. The van der Waals surface area contributed by atoms with Gasteiger partial charge in [0, 0.05) is 19.2 Å². The van der Waals surface area contributed by atoms with E-state index in [-0.39, 0.29) is 11.9 Å². The van der Waals surface area contributed by atoms with E-state index in [2.05, 4.69) is 4.90 Å². The number of hydrogen-bond donors (Lipinski definition) is 1. The summed E-state index contributed by atoms with van der Waals surface area (Å²) in [4.78, 5) is 2.10. The molecule has 2 aliphatic rings. The van der Waals surface area contributed by atoms with E-state index in [4.69, 9.17) is 5.84 Å². The molecule has 20 heavy (non-hydrogen) atoms. The zero-order valence-electron chi connectivity index (χ0n) is 11.4. The molecule has 2 aliphatic heterocycles. The maximum atomic E-state index is 14.0. The molecule has 0 radical (unpaired) electrons. The Labute approximate surface area is 117 Å². The molecule has 0 unspecified atom stereocenters. The van der Waals surface area contributed by atoms with E-state index in [1.165, 1.54) is 12.1 Å². The molecule has 3 rings (SSSR count). The van der Waals surface area contributed by atoms with E-state index in [0.29, 0.717) is 12.1 Å². The van der Waals surface area contributed by atoms with Gasteiger partial charge in [0.05, 0.1) is 12.6 Å².